The van der Waals surface area contributed by atoms with Gasteiger partial charge in [-0.3, -0.25) is 0 Å². The number of fused-ring (bicyclic) bond motifs is 1. The summed E-state index contributed by atoms with van der Waals surface area (Å²) < 4.78 is 5.77. The highest BCUT2D eigenvalue weighted by Crippen LogP contribution is 2.31. The smallest absolute Gasteiger partial charge is 0.124 e. The van der Waals surface area contributed by atoms with E-state index in [-0.39, 0.29) is 6.10 Å². The summed E-state index contributed by atoms with van der Waals surface area (Å²) in [5.41, 5.74) is 1.27. The van der Waals surface area contributed by atoms with E-state index in [9.17, 15) is 5.11 Å². The van der Waals surface area contributed by atoms with Gasteiger partial charge >= 0.3 is 0 Å². The van der Waals surface area contributed by atoms with E-state index < -0.39 is 0 Å². The molecule has 1 aromatic rings. The summed E-state index contributed by atoms with van der Waals surface area (Å²) in [5.74, 6) is 1.50. The number of hydrogen-bond donors (Lipinski definition) is 2. The van der Waals surface area contributed by atoms with E-state index in [2.05, 4.69) is 30.4 Å². The molecule has 0 saturated heterocycles. The van der Waals surface area contributed by atoms with Crippen LogP contribution in [0, 0.1) is 5.92 Å². The highest BCUT2D eigenvalue weighted by atomic mass is 16.5. The lowest BCUT2D eigenvalue weighted by Gasteiger charge is -2.21. The SMILES string of the molecule is CC(O)CC(C)CNC1CCCOc2ccccc21. The zero-order chi connectivity index (χ0) is 13.7. The minimum Gasteiger partial charge on any atom is -0.493 e. The Balaban J connectivity index is 1.96. The number of aliphatic hydroxyl groups excluding tert-OH is 1. The van der Waals surface area contributed by atoms with E-state index in [1.165, 1.54) is 5.56 Å². The number of rotatable bonds is 5. The maximum Gasteiger partial charge on any atom is 0.124 e. The molecular formula is C16H25NO2. The van der Waals surface area contributed by atoms with Gasteiger partial charge in [0.25, 0.3) is 0 Å². The van der Waals surface area contributed by atoms with E-state index in [1.54, 1.807) is 0 Å². The Morgan fingerprint density at radius 2 is 2.16 bits per heavy atom. The summed E-state index contributed by atoms with van der Waals surface area (Å²) in [5, 5.41) is 13.0. The first kappa shape index (κ1) is 14.4. The van der Waals surface area contributed by atoms with Gasteiger partial charge in [-0.05, 0) is 44.7 Å². The standard InChI is InChI=1S/C16H25NO2/c1-12(10-13(2)18)11-17-15-7-5-9-19-16-8-4-3-6-14(15)16/h3-4,6,8,12-13,15,17-18H,5,7,9-11H2,1-2H3. The van der Waals surface area contributed by atoms with Crippen LogP contribution in [0.25, 0.3) is 0 Å². The summed E-state index contributed by atoms with van der Waals surface area (Å²) in [6.45, 7) is 5.77. The Kier molecular flexibility index (Phi) is 5.23. The third-order valence-electron chi connectivity index (χ3n) is 3.65. The molecule has 1 aliphatic rings. The van der Waals surface area contributed by atoms with Crippen LogP contribution < -0.4 is 10.1 Å². The second-order valence-electron chi connectivity index (χ2n) is 5.68. The molecule has 0 aromatic heterocycles. The normalized spacial score (nSPS) is 21.9. The van der Waals surface area contributed by atoms with Gasteiger partial charge in [0.1, 0.15) is 5.75 Å². The van der Waals surface area contributed by atoms with E-state index in [4.69, 9.17) is 4.74 Å². The number of hydrogen-bond acceptors (Lipinski definition) is 3. The lowest BCUT2D eigenvalue weighted by Crippen LogP contribution is -2.27. The third-order valence-corrected chi connectivity index (χ3v) is 3.65. The minimum atomic E-state index is -0.221. The van der Waals surface area contributed by atoms with Gasteiger partial charge in [0.2, 0.25) is 0 Å². The van der Waals surface area contributed by atoms with Crippen molar-refractivity contribution in [3.8, 4) is 5.75 Å². The maximum atomic E-state index is 9.41. The summed E-state index contributed by atoms with van der Waals surface area (Å²) in [6, 6.07) is 8.67. The molecule has 3 heteroatoms. The molecule has 0 fully saturated rings. The predicted molar refractivity (Wildman–Crippen MR) is 77.4 cm³/mol. The molecule has 0 saturated carbocycles. The Labute approximate surface area is 116 Å². The third kappa shape index (κ3) is 4.22. The van der Waals surface area contributed by atoms with Gasteiger partial charge in [0.15, 0.2) is 0 Å². The van der Waals surface area contributed by atoms with Crippen molar-refractivity contribution < 1.29 is 9.84 Å². The molecule has 0 spiro atoms. The van der Waals surface area contributed by atoms with Crippen LogP contribution in [-0.2, 0) is 0 Å². The monoisotopic (exact) mass is 263 g/mol. The molecule has 0 bridgehead atoms. The average Bonchev–Trinajstić information content (AvgIpc) is 2.58. The zero-order valence-electron chi connectivity index (χ0n) is 11.9. The van der Waals surface area contributed by atoms with Gasteiger partial charge in [0.05, 0.1) is 12.7 Å². The molecule has 106 valence electrons. The highest BCUT2D eigenvalue weighted by molar-refractivity contribution is 5.36. The first-order chi connectivity index (χ1) is 9.16. The van der Waals surface area contributed by atoms with E-state index in [0.29, 0.717) is 12.0 Å². The van der Waals surface area contributed by atoms with Crippen LogP contribution in [-0.4, -0.2) is 24.4 Å². The van der Waals surface area contributed by atoms with Crippen LogP contribution >= 0.6 is 0 Å². The van der Waals surface area contributed by atoms with Crippen LogP contribution in [0.4, 0.5) is 0 Å². The number of benzene rings is 1. The molecule has 1 aromatic carbocycles. The summed E-state index contributed by atoms with van der Waals surface area (Å²) in [4.78, 5) is 0. The van der Waals surface area contributed by atoms with Crippen molar-refractivity contribution >= 4 is 0 Å². The topological polar surface area (TPSA) is 41.5 Å². The van der Waals surface area contributed by atoms with Crippen LogP contribution in [0.3, 0.4) is 0 Å². The molecule has 1 aliphatic heterocycles. The Bertz CT molecular complexity index is 392. The first-order valence-corrected chi connectivity index (χ1v) is 7.30. The number of para-hydroxylation sites is 1. The Morgan fingerprint density at radius 3 is 2.95 bits per heavy atom. The zero-order valence-corrected chi connectivity index (χ0v) is 11.9. The molecule has 3 unspecified atom stereocenters. The lowest BCUT2D eigenvalue weighted by molar-refractivity contribution is 0.162. The highest BCUT2D eigenvalue weighted by Gasteiger charge is 2.19. The van der Waals surface area contributed by atoms with Crippen molar-refractivity contribution in [2.45, 2.75) is 45.3 Å². The van der Waals surface area contributed by atoms with Crippen LogP contribution in [0.2, 0.25) is 0 Å². The summed E-state index contributed by atoms with van der Waals surface area (Å²) >= 11 is 0. The molecular weight excluding hydrogens is 238 g/mol. The fraction of sp³-hybridized carbons (Fsp3) is 0.625. The number of nitrogens with one attached hydrogen (secondary N) is 1. The van der Waals surface area contributed by atoms with E-state index in [0.717, 1.165) is 38.2 Å². The van der Waals surface area contributed by atoms with Crippen molar-refractivity contribution in [2.24, 2.45) is 5.92 Å². The van der Waals surface area contributed by atoms with Crippen molar-refractivity contribution in [1.29, 1.82) is 0 Å². The minimum absolute atomic E-state index is 0.221. The molecule has 3 atom stereocenters. The van der Waals surface area contributed by atoms with Crippen LogP contribution in [0.5, 0.6) is 5.75 Å². The second-order valence-corrected chi connectivity index (χ2v) is 5.68. The van der Waals surface area contributed by atoms with E-state index in [1.807, 2.05) is 13.0 Å². The molecule has 3 nitrogen and oxygen atoms in total. The molecule has 2 N–H and O–H groups in total. The van der Waals surface area contributed by atoms with Crippen molar-refractivity contribution in [3.05, 3.63) is 29.8 Å². The van der Waals surface area contributed by atoms with Crippen LogP contribution in [0.1, 0.15) is 44.7 Å². The van der Waals surface area contributed by atoms with Gasteiger partial charge in [0, 0.05) is 11.6 Å². The predicted octanol–water partition coefficient (Wildman–Crippen LogP) is 2.90. The molecule has 1 heterocycles. The molecule has 2 rings (SSSR count). The van der Waals surface area contributed by atoms with Gasteiger partial charge in [-0.1, -0.05) is 25.1 Å². The molecule has 0 amide bonds. The van der Waals surface area contributed by atoms with Crippen molar-refractivity contribution in [3.63, 3.8) is 0 Å². The number of ether oxygens (including phenoxy) is 1. The largest absolute Gasteiger partial charge is 0.493 e. The van der Waals surface area contributed by atoms with Gasteiger partial charge in [-0.25, -0.2) is 0 Å². The fourth-order valence-corrected chi connectivity index (χ4v) is 2.75. The fourth-order valence-electron chi connectivity index (χ4n) is 2.75. The van der Waals surface area contributed by atoms with Crippen molar-refractivity contribution in [1.82, 2.24) is 5.32 Å². The first-order valence-electron chi connectivity index (χ1n) is 7.30. The summed E-state index contributed by atoms with van der Waals surface area (Å²) in [6.07, 6.45) is 2.81. The maximum absolute atomic E-state index is 9.41. The molecule has 0 radical (unpaired) electrons. The quantitative estimate of drug-likeness (QED) is 0.858. The summed E-state index contributed by atoms with van der Waals surface area (Å²) in [7, 11) is 0. The van der Waals surface area contributed by atoms with E-state index >= 15 is 0 Å². The van der Waals surface area contributed by atoms with Crippen molar-refractivity contribution in [2.75, 3.05) is 13.2 Å². The molecule has 19 heavy (non-hydrogen) atoms. The second kappa shape index (κ2) is 6.92. The average molecular weight is 263 g/mol. The lowest BCUT2D eigenvalue weighted by atomic mass is 9.99. The van der Waals surface area contributed by atoms with Gasteiger partial charge in [-0.2, -0.15) is 0 Å². The van der Waals surface area contributed by atoms with Crippen LogP contribution in [0.15, 0.2) is 24.3 Å². The van der Waals surface area contributed by atoms with Gasteiger partial charge in [-0.15, -0.1) is 0 Å². The Morgan fingerprint density at radius 1 is 1.37 bits per heavy atom. The Hall–Kier alpha value is -1.06. The molecule has 0 aliphatic carbocycles. The van der Waals surface area contributed by atoms with Gasteiger partial charge < -0.3 is 15.2 Å². The number of aliphatic hydroxyl groups is 1.